The Morgan fingerprint density at radius 1 is 1.29 bits per heavy atom. The summed E-state index contributed by atoms with van der Waals surface area (Å²) in [4.78, 5) is 35.8. The molecule has 3 rings (SSSR count). The zero-order chi connectivity index (χ0) is 17.4. The van der Waals surface area contributed by atoms with E-state index in [1.807, 2.05) is 0 Å². The lowest BCUT2D eigenvalue weighted by Crippen LogP contribution is -2.38. The Morgan fingerprint density at radius 2 is 2.04 bits per heavy atom. The molecule has 120 valence electrons. The molecule has 9 nitrogen and oxygen atoms in total. The Bertz CT molecular complexity index is 1060. The maximum absolute atomic E-state index is 12.6. The minimum atomic E-state index is -1.20. The Labute approximate surface area is 133 Å². The molecule has 2 aromatic heterocycles. The highest BCUT2D eigenvalue weighted by atomic mass is 16.6. The normalized spacial score (nSPS) is 10.7. The number of nitro groups is 1. The van der Waals surface area contributed by atoms with Gasteiger partial charge in [-0.3, -0.25) is 14.9 Å². The lowest BCUT2D eigenvalue weighted by atomic mass is 10.1. The van der Waals surface area contributed by atoms with Gasteiger partial charge in [0, 0.05) is 18.2 Å². The number of non-ortho nitro benzene ring substituents is 1. The van der Waals surface area contributed by atoms with Gasteiger partial charge in [0.15, 0.2) is 12.4 Å². The van der Waals surface area contributed by atoms with Gasteiger partial charge in [-0.2, -0.15) is 4.57 Å². The number of nitrogens with zero attached hydrogens (tertiary/aromatic N) is 2. The van der Waals surface area contributed by atoms with Crippen LogP contribution in [0.4, 0.5) is 5.69 Å². The van der Waals surface area contributed by atoms with Crippen LogP contribution in [0, 0.1) is 10.1 Å². The molecule has 1 aromatic carbocycles. The molecule has 0 saturated heterocycles. The number of aromatic carboxylic acids is 1. The number of carboxylic acids is 1. The van der Waals surface area contributed by atoms with E-state index < -0.39 is 22.2 Å². The molecule has 0 radical (unpaired) electrons. The minimum Gasteiger partial charge on any atom is -0.867 e. The van der Waals surface area contributed by atoms with E-state index in [2.05, 4.69) is 4.98 Å². The number of pyridine rings is 2. The van der Waals surface area contributed by atoms with Crippen LogP contribution in [0.25, 0.3) is 16.6 Å². The van der Waals surface area contributed by atoms with E-state index in [4.69, 9.17) is 5.11 Å². The Morgan fingerprint density at radius 3 is 2.71 bits per heavy atom. The molecule has 0 bridgehead atoms. The summed E-state index contributed by atoms with van der Waals surface area (Å²) in [6.07, 6.45) is 2.52. The van der Waals surface area contributed by atoms with Crippen LogP contribution in [0.1, 0.15) is 10.4 Å². The fraction of sp³-hybridized carbons (Fsp3) is 0. The molecule has 0 aliphatic carbocycles. The predicted octanol–water partition coefficient (Wildman–Crippen LogP) is 0.485. The third kappa shape index (κ3) is 2.43. The molecule has 0 saturated carbocycles. The number of benzene rings is 1. The molecular weight excluding hydrogens is 318 g/mol. The molecule has 0 aliphatic heterocycles. The molecule has 0 spiro atoms. The third-order valence-corrected chi connectivity index (χ3v) is 3.44. The summed E-state index contributed by atoms with van der Waals surface area (Å²) in [5, 5.41) is 32.4. The number of carboxylic acid groups (broad SMARTS) is 1. The standard InChI is InChI=1S/C15H9N3O6/c19-13-10-4-3-9(18(23)24)6-11(10)16-14(20)12(13)17-5-1-2-8(7-17)15(21)22/h1-7H,(H2-,16,19,20,21,22). The van der Waals surface area contributed by atoms with E-state index in [9.17, 15) is 24.8 Å². The molecular formula is C15H9N3O6. The van der Waals surface area contributed by atoms with Gasteiger partial charge in [0.25, 0.3) is 11.4 Å². The van der Waals surface area contributed by atoms with E-state index in [0.717, 1.165) is 22.9 Å². The van der Waals surface area contributed by atoms with Gasteiger partial charge in [-0.05, 0) is 23.3 Å². The fourth-order valence-electron chi connectivity index (χ4n) is 2.33. The van der Waals surface area contributed by atoms with Gasteiger partial charge < -0.3 is 15.2 Å². The number of nitro benzene ring substituents is 1. The highest BCUT2D eigenvalue weighted by Crippen LogP contribution is 2.25. The number of fused-ring (bicyclic) bond motifs is 1. The van der Waals surface area contributed by atoms with Crippen molar-refractivity contribution in [1.29, 1.82) is 0 Å². The SMILES string of the molecule is O=C(O)c1ccc[n+](-c2c([O-])c3ccc([N+](=O)[O-])cc3[nH]c2=O)c1. The van der Waals surface area contributed by atoms with Crippen LogP contribution in [0.2, 0.25) is 0 Å². The van der Waals surface area contributed by atoms with Gasteiger partial charge in [0.2, 0.25) is 0 Å². The van der Waals surface area contributed by atoms with Crippen molar-refractivity contribution in [3.8, 4) is 11.4 Å². The van der Waals surface area contributed by atoms with Gasteiger partial charge in [-0.25, -0.2) is 4.79 Å². The molecule has 2 N–H and O–H groups in total. The van der Waals surface area contributed by atoms with Crippen molar-refractivity contribution in [1.82, 2.24) is 4.98 Å². The van der Waals surface area contributed by atoms with E-state index in [1.54, 1.807) is 0 Å². The molecule has 3 aromatic rings. The summed E-state index contributed by atoms with van der Waals surface area (Å²) in [6, 6.07) is 6.21. The summed E-state index contributed by atoms with van der Waals surface area (Å²) < 4.78 is 1.12. The van der Waals surface area contributed by atoms with Crippen LogP contribution in [0.3, 0.4) is 0 Å². The van der Waals surface area contributed by atoms with E-state index >= 15 is 0 Å². The Hall–Kier alpha value is -3.75. The maximum Gasteiger partial charge on any atom is 0.341 e. The van der Waals surface area contributed by atoms with Crippen LogP contribution in [0.5, 0.6) is 5.75 Å². The number of hydrogen-bond donors (Lipinski definition) is 2. The fourth-order valence-corrected chi connectivity index (χ4v) is 2.33. The molecule has 0 atom stereocenters. The summed E-state index contributed by atoms with van der Waals surface area (Å²) in [5.74, 6) is -1.86. The second-order valence-corrected chi connectivity index (χ2v) is 4.92. The smallest absolute Gasteiger partial charge is 0.341 e. The van der Waals surface area contributed by atoms with Gasteiger partial charge in [0.05, 0.1) is 10.4 Å². The second-order valence-electron chi connectivity index (χ2n) is 4.92. The zero-order valence-electron chi connectivity index (χ0n) is 11.9. The molecule has 0 aliphatic rings. The average Bonchev–Trinajstić information content (AvgIpc) is 2.54. The summed E-state index contributed by atoms with van der Waals surface area (Å²) in [7, 11) is 0. The monoisotopic (exact) mass is 327 g/mol. The topological polar surface area (TPSA) is 140 Å². The van der Waals surface area contributed by atoms with E-state index in [-0.39, 0.29) is 27.8 Å². The summed E-state index contributed by atoms with van der Waals surface area (Å²) >= 11 is 0. The van der Waals surface area contributed by atoms with Crippen molar-refractivity contribution in [2.24, 2.45) is 0 Å². The first-order chi connectivity index (χ1) is 11.4. The van der Waals surface area contributed by atoms with Crippen LogP contribution in [-0.4, -0.2) is 21.0 Å². The van der Waals surface area contributed by atoms with Crippen molar-refractivity contribution >= 4 is 22.6 Å². The van der Waals surface area contributed by atoms with Gasteiger partial charge in [-0.15, -0.1) is 0 Å². The predicted molar refractivity (Wildman–Crippen MR) is 79.2 cm³/mol. The summed E-state index contributed by atoms with van der Waals surface area (Å²) in [6.45, 7) is 0. The second kappa shape index (κ2) is 5.47. The van der Waals surface area contributed by atoms with Crippen LogP contribution in [0.15, 0.2) is 47.5 Å². The number of rotatable bonds is 3. The first kappa shape index (κ1) is 15.2. The number of hydrogen-bond acceptors (Lipinski definition) is 5. The molecule has 24 heavy (non-hydrogen) atoms. The largest absolute Gasteiger partial charge is 0.867 e. The highest BCUT2D eigenvalue weighted by molar-refractivity contribution is 5.88. The number of aromatic amines is 1. The molecule has 0 amide bonds. The first-order valence-corrected chi connectivity index (χ1v) is 6.65. The number of nitrogens with one attached hydrogen (secondary N) is 1. The van der Waals surface area contributed by atoms with Crippen molar-refractivity contribution < 1.29 is 24.5 Å². The van der Waals surface area contributed by atoms with Crippen molar-refractivity contribution in [3.05, 3.63) is 68.8 Å². The lowest BCUT2D eigenvalue weighted by Gasteiger charge is -2.11. The van der Waals surface area contributed by atoms with Crippen molar-refractivity contribution in [3.63, 3.8) is 0 Å². The summed E-state index contributed by atoms with van der Waals surface area (Å²) in [5.41, 5.74) is -1.39. The van der Waals surface area contributed by atoms with E-state index in [0.29, 0.717) is 0 Å². The first-order valence-electron chi connectivity index (χ1n) is 6.65. The Balaban J connectivity index is 2.28. The van der Waals surface area contributed by atoms with Crippen LogP contribution < -0.4 is 15.2 Å². The van der Waals surface area contributed by atoms with E-state index in [1.165, 1.54) is 24.4 Å². The number of carbonyl (C=O) groups is 1. The molecule has 0 fully saturated rings. The van der Waals surface area contributed by atoms with Gasteiger partial charge in [0.1, 0.15) is 5.56 Å². The van der Waals surface area contributed by atoms with Gasteiger partial charge in [-0.1, -0.05) is 0 Å². The third-order valence-electron chi connectivity index (χ3n) is 3.44. The van der Waals surface area contributed by atoms with Crippen LogP contribution >= 0.6 is 0 Å². The molecule has 9 heteroatoms. The van der Waals surface area contributed by atoms with Crippen LogP contribution in [-0.2, 0) is 0 Å². The number of aromatic nitrogens is 2. The van der Waals surface area contributed by atoms with Crippen molar-refractivity contribution in [2.75, 3.05) is 0 Å². The van der Waals surface area contributed by atoms with Crippen molar-refractivity contribution in [2.45, 2.75) is 0 Å². The number of H-pyrrole nitrogens is 1. The molecule has 2 heterocycles. The average molecular weight is 327 g/mol. The highest BCUT2D eigenvalue weighted by Gasteiger charge is 2.19. The Kier molecular flexibility index (Phi) is 3.45. The quantitative estimate of drug-likeness (QED) is 0.407. The maximum atomic E-state index is 12.6. The lowest BCUT2D eigenvalue weighted by molar-refractivity contribution is -0.601. The van der Waals surface area contributed by atoms with Gasteiger partial charge >= 0.3 is 11.5 Å². The minimum absolute atomic E-state index is 0.0398. The molecule has 0 unspecified atom stereocenters. The zero-order valence-corrected chi connectivity index (χ0v) is 11.9.